The molecule has 2 rings (SSSR count). The van der Waals surface area contributed by atoms with Crippen molar-refractivity contribution in [2.45, 2.75) is 19.1 Å². The van der Waals surface area contributed by atoms with E-state index >= 15 is 0 Å². The van der Waals surface area contributed by atoms with Crippen LogP contribution in [0, 0.1) is 5.82 Å². The van der Waals surface area contributed by atoms with Crippen molar-refractivity contribution >= 4 is 0 Å². The minimum atomic E-state index is -0.566. The topological polar surface area (TPSA) is 54.0 Å². The second kappa shape index (κ2) is 10.9. The summed E-state index contributed by atoms with van der Waals surface area (Å²) < 4.78 is 24.8. The molecule has 6 heteroatoms. The number of methoxy groups -OCH3 is 1. The van der Waals surface area contributed by atoms with Crippen molar-refractivity contribution in [2.75, 3.05) is 40.9 Å². The van der Waals surface area contributed by atoms with E-state index in [4.69, 9.17) is 9.47 Å². The molecule has 1 atom stereocenters. The summed E-state index contributed by atoms with van der Waals surface area (Å²) in [5.74, 6) is 1.26. The molecule has 0 radical (unpaired) electrons. The number of rotatable bonds is 11. The van der Waals surface area contributed by atoms with Crippen molar-refractivity contribution in [3.05, 3.63) is 59.4 Å². The molecule has 5 nitrogen and oxygen atoms in total. The van der Waals surface area contributed by atoms with Crippen LogP contribution in [0.1, 0.15) is 11.1 Å². The average molecular weight is 376 g/mol. The van der Waals surface area contributed by atoms with Crippen LogP contribution in [-0.2, 0) is 13.0 Å². The van der Waals surface area contributed by atoms with Crippen LogP contribution < -0.4 is 14.8 Å². The predicted molar refractivity (Wildman–Crippen MR) is 105 cm³/mol. The summed E-state index contributed by atoms with van der Waals surface area (Å²) in [5, 5.41) is 13.3. The molecule has 0 bridgehead atoms. The molecular formula is C21H29FN2O3. The van der Waals surface area contributed by atoms with E-state index in [0.717, 1.165) is 11.3 Å². The third kappa shape index (κ3) is 7.17. The number of ether oxygens (including phenoxy) is 2. The first-order chi connectivity index (χ1) is 13.0. The molecule has 148 valence electrons. The van der Waals surface area contributed by atoms with Gasteiger partial charge in [-0.15, -0.1) is 0 Å². The summed E-state index contributed by atoms with van der Waals surface area (Å²) in [4.78, 5) is 1.91. The maximum Gasteiger partial charge on any atom is 0.126 e. The monoisotopic (exact) mass is 376 g/mol. The average Bonchev–Trinajstić information content (AvgIpc) is 2.64. The van der Waals surface area contributed by atoms with Gasteiger partial charge >= 0.3 is 0 Å². The number of nitrogens with zero attached hydrogens (tertiary/aromatic N) is 1. The van der Waals surface area contributed by atoms with Gasteiger partial charge in [-0.2, -0.15) is 0 Å². The van der Waals surface area contributed by atoms with E-state index < -0.39 is 6.10 Å². The van der Waals surface area contributed by atoms with Gasteiger partial charge in [-0.3, -0.25) is 0 Å². The minimum Gasteiger partial charge on any atom is -0.497 e. The van der Waals surface area contributed by atoms with Crippen molar-refractivity contribution in [3.8, 4) is 11.5 Å². The number of nitrogens with one attached hydrogen (secondary N) is 1. The first-order valence-electron chi connectivity index (χ1n) is 9.06. The number of aliphatic hydroxyl groups excluding tert-OH is 1. The molecule has 0 aliphatic rings. The lowest BCUT2D eigenvalue weighted by Gasteiger charge is -2.18. The molecule has 0 spiro atoms. The maximum atomic E-state index is 13.7. The number of benzene rings is 2. The number of halogens is 1. The Labute approximate surface area is 160 Å². The number of hydrogen-bond donors (Lipinski definition) is 2. The molecule has 0 aromatic heterocycles. The predicted octanol–water partition coefficient (Wildman–Crippen LogP) is 2.47. The Bertz CT molecular complexity index is 710. The van der Waals surface area contributed by atoms with Crippen LogP contribution in [0.5, 0.6) is 11.5 Å². The summed E-state index contributed by atoms with van der Waals surface area (Å²) in [6, 6.07) is 12.4. The Balaban J connectivity index is 1.92. The van der Waals surface area contributed by atoms with Crippen LogP contribution in [0.25, 0.3) is 0 Å². The van der Waals surface area contributed by atoms with Gasteiger partial charge < -0.3 is 24.8 Å². The van der Waals surface area contributed by atoms with E-state index in [0.29, 0.717) is 37.4 Å². The van der Waals surface area contributed by atoms with Crippen LogP contribution in [0.3, 0.4) is 0 Å². The van der Waals surface area contributed by atoms with E-state index in [2.05, 4.69) is 5.32 Å². The zero-order chi connectivity index (χ0) is 19.6. The van der Waals surface area contributed by atoms with Gasteiger partial charge in [0.05, 0.1) is 7.11 Å². The van der Waals surface area contributed by atoms with Crippen molar-refractivity contribution in [3.63, 3.8) is 0 Å². The first kappa shape index (κ1) is 21.2. The second-order valence-corrected chi connectivity index (χ2v) is 6.72. The normalized spacial score (nSPS) is 12.2. The SMILES string of the molecule is COc1ccc(OC[C@@H](O)CN(C)C)c(CNCCc2ccccc2F)c1. The highest BCUT2D eigenvalue weighted by atomic mass is 19.1. The lowest BCUT2D eigenvalue weighted by Crippen LogP contribution is -2.30. The van der Waals surface area contributed by atoms with Gasteiger partial charge in [-0.05, 0) is 56.9 Å². The quantitative estimate of drug-likeness (QED) is 0.590. The Kier molecular flexibility index (Phi) is 8.51. The molecule has 2 aromatic rings. The molecule has 0 amide bonds. The molecule has 0 aliphatic carbocycles. The smallest absolute Gasteiger partial charge is 0.126 e. The third-order valence-corrected chi connectivity index (χ3v) is 4.12. The van der Waals surface area contributed by atoms with E-state index in [1.807, 2.05) is 43.3 Å². The Morgan fingerprint density at radius 2 is 1.93 bits per heavy atom. The zero-order valence-corrected chi connectivity index (χ0v) is 16.2. The van der Waals surface area contributed by atoms with Gasteiger partial charge in [0.25, 0.3) is 0 Å². The van der Waals surface area contributed by atoms with Crippen molar-refractivity contribution < 1.29 is 19.0 Å². The molecule has 0 saturated heterocycles. The van der Waals surface area contributed by atoms with E-state index in [1.54, 1.807) is 19.2 Å². The molecule has 0 heterocycles. The number of aliphatic hydroxyl groups is 1. The highest BCUT2D eigenvalue weighted by Gasteiger charge is 2.10. The standard InChI is InChI=1S/C21H29FN2O3/c1-24(2)14-18(25)15-27-21-9-8-19(26-3)12-17(21)13-23-11-10-16-6-4-5-7-20(16)22/h4-9,12,18,23,25H,10-11,13-15H2,1-3H3/t18-/m0/s1. The summed E-state index contributed by atoms with van der Waals surface area (Å²) in [7, 11) is 5.43. The summed E-state index contributed by atoms with van der Waals surface area (Å²) in [5.41, 5.74) is 1.62. The van der Waals surface area contributed by atoms with Gasteiger partial charge in [0.1, 0.15) is 30.0 Å². The van der Waals surface area contributed by atoms with Crippen LogP contribution >= 0.6 is 0 Å². The van der Waals surface area contributed by atoms with Crippen molar-refractivity contribution in [1.29, 1.82) is 0 Å². The van der Waals surface area contributed by atoms with Crippen LogP contribution in [0.4, 0.5) is 4.39 Å². The first-order valence-corrected chi connectivity index (χ1v) is 9.06. The highest BCUT2D eigenvalue weighted by Crippen LogP contribution is 2.24. The van der Waals surface area contributed by atoms with E-state index in [-0.39, 0.29) is 12.4 Å². The number of likely N-dealkylation sites (N-methyl/N-ethyl adjacent to an activating group) is 1. The van der Waals surface area contributed by atoms with Crippen LogP contribution in [0.2, 0.25) is 0 Å². The molecular weight excluding hydrogens is 347 g/mol. The molecule has 27 heavy (non-hydrogen) atoms. The maximum absolute atomic E-state index is 13.7. The van der Waals surface area contributed by atoms with Gasteiger partial charge in [-0.25, -0.2) is 4.39 Å². The molecule has 0 fully saturated rings. The Morgan fingerprint density at radius 1 is 1.15 bits per heavy atom. The molecule has 0 unspecified atom stereocenters. The fraction of sp³-hybridized carbons (Fsp3) is 0.429. The summed E-state index contributed by atoms with van der Waals surface area (Å²) >= 11 is 0. The van der Waals surface area contributed by atoms with Crippen LogP contribution in [-0.4, -0.2) is 57.0 Å². The molecule has 0 saturated carbocycles. The van der Waals surface area contributed by atoms with E-state index in [9.17, 15) is 9.50 Å². The molecule has 2 N–H and O–H groups in total. The fourth-order valence-corrected chi connectivity index (χ4v) is 2.77. The largest absolute Gasteiger partial charge is 0.497 e. The minimum absolute atomic E-state index is 0.181. The Hall–Kier alpha value is -2.15. The molecule has 0 aliphatic heterocycles. The second-order valence-electron chi connectivity index (χ2n) is 6.72. The van der Waals surface area contributed by atoms with Crippen molar-refractivity contribution in [2.24, 2.45) is 0 Å². The number of hydrogen-bond acceptors (Lipinski definition) is 5. The Morgan fingerprint density at radius 3 is 2.63 bits per heavy atom. The van der Waals surface area contributed by atoms with Gasteiger partial charge in [-0.1, -0.05) is 18.2 Å². The lowest BCUT2D eigenvalue weighted by atomic mass is 10.1. The van der Waals surface area contributed by atoms with Crippen LogP contribution in [0.15, 0.2) is 42.5 Å². The fourth-order valence-electron chi connectivity index (χ4n) is 2.77. The van der Waals surface area contributed by atoms with Gasteiger partial charge in [0, 0.05) is 18.7 Å². The zero-order valence-electron chi connectivity index (χ0n) is 16.2. The van der Waals surface area contributed by atoms with Gasteiger partial charge in [0.2, 0.25) is 0 Å². The summed E-state index contributed by atoms with van der Waals surface area (Å²) in [6.45, 7) is 1.95. The third-order valence-electron chi connectivity index (χ3n) is 4.12. The summed E-state index contributed by atoms with van der Waals surface area (Å²) in [6.07, 6.45) is 0.0398. The highest BCUT2D eigenvalue weighted by molar-refractivity contribution is 5.40. The lowest BCUT2D eigenvalue weighted by molar-refractivity contribution is 0.0826. The van der Waals surface area contributed by atoms with E-state index in [1.165, 1.54) is 6.07 Å². The van der Waals surface area contributed by atoms with Crippen molar-refractivity contribution in [1.82, 2.24) is 10.2 Å². The van der Waals surface area contributed by atoms with Gasteiger partial charge in [0.15, 0.2) is 0 Å². The molecule has 2 aromatic carbocycles.